The number of halogens is 3. The van der Waals surface area contributed by atoms with Crippen molar-refractivity contribution in [3.63, 3.8) is 0 Å². The summed E-state index contributed by atoms with van der Waals surface area (Å²) in [7, 11) is 0. The Kier molecular flexibility index (Phi) is 6.75. The third-order valence-corrected chi connectivity index (χ3v) is 6.78. The van der Waals surface area contributed by atoms with E-state index in [9.17, 15) is 18.3 Å². The largest absolute Gasteiger partial charge is 0.486 e. The number of aliphatic hydroxyl groups is 1. The van der Waals surface area contributed by atoms with E-state index in [-0.39, 0.29) is 41.4 Å². The molecule has 0 atom stereocenters. The SMILES string of the molecule is CC(C)N1CCOc2c(F)cc(-c3nc(Cc4ccc(N5CCC(O)CC5)c(F)c4)ncc3F)cc21. The van der Waals surface area contributed by atoms with E-state index >= 15 is 0 Å². The van der Waals surface area contributed by atoms with Crippen molar-refractivity contribution in [3.05, 3.63) is 65.4 Å². The van der Waals surface area contributed by atoms with Gasteiger partial charge in [0.15, 0.2) is 17.4 Å². The van der Waals surface area contributed by atoms with Crippen LogP contribution >= 0.6 is 0 Å². The van der Waals surface area contributed by atoms with E-state index in [1.807, 2.05) is 23.6 Å². The molecule has 0 spiro atoms. The highest BCUT2D eigenvalue weighted by Gasteiger charge is 2.26. The Hall–Kier alpha value is -3.33. The number of rotatable bonds is 5. The molecule has 1 aromatic heterocycles. The van der Waals surface area contributed by atoms with E-state index in [4.69, 9.17) is 4.74 Å². The average Bonchev–Trinajstić information content (AvgIpc) is 2.85. The normalized spacial score (nSPS) is 16.3. The highest BCUT2D eigenvalue weighted by atomic mass is 19.1. The third kappa shape index (κ3) is 4.84. The van der Waals surface area contributed by atoms with Gasteiger partial charge in [-0.1, -0.05) is 6.07 Å². The van der Waals surface area contributed by atoms with Gasteiger partial charge in [0, 0.05) is 31.1 Å². The number of aliphatic hydroxyl groups excluding tert-OH is 1. The van der Waals surface area contributed by atoms with Crippen molar-refractivity contribution in [2.24, 2.45) is 0 Å². The minimum atomic E-state index is -0.667. The topological polar surface area (TPSA) is 61.7 Å². The molecule has 0 aliphatic carbocycles. The van der Waals surface area contributed by atoms with Crippen LogP contribution < -0.4 is 14.5 Å². The van der Waals surface area contributed by atoms with Crippen LogP contribution in [0.3, 0.4) is 0 Å². The monoisotopic (exact) mass is 498 g/mol. The molecule has 6 nitrogen and oxygen atoms in total. The molecule has 9 heteroatoms. The van der Waals surface area contributed by atoms with Crippen molar-refractivity contribution < 1.29 is 23.0 Å². The van der Waals surface area contributed by atoms with Crippen LogP contribution in [0.5, 0.6) is 5.75 Å². The molecular weight excluding hydrogens is 469 g/mol. The van der Waals surface area contributed by atoms with Crippen LogP contribution in [-0.4, -0.2) is 53.5 Å². The van der Waals surface area contributed by atoms with Crippen molar-refractivity contribution in [2.75, 3.05) is 36.0 Å². The molecule has 190 valence electrons. The summed E-state index contributed by atoms with van der Waals surface area (Å²) in [5.41, 5.74) is 1.97. The lowest BCUT2D eigenvalue weighted by molar-refractivity contribution is 0.145. The number of aromatic nitrogens is 2. The van der Waals surface area contributed by atoms with Crippen LogP contribution in [0.25, 0.3) is 11.3 Å². The Bertz CT molecular complexity index is 1260. The van der Waals surface area contributed by atoms with Gasteiger partial charge in [-0.2, -0.15) is 0 Å². The Balaban J connectivity index is 1.41. The van der Waals surface area contributed by atoms with Gasteiger partial charge < -0.3 is 19.6 Å². The quantitative estimate of drug-likeness (QED) is 0.549. The number of ether oxygens (including phenoxy) is 1. The molecule has 0 unspecified atom stereocenters. The molecule has 1 N–H and O–H groups in total. The van der Waals surface area contributed by atoms with Crippen molar-refractivity contribution in [1.82, 2.24) is 9.97 Å². The Morgan fingerprint density at radius 2 is 1.78 bits per heavy atom. The van der Waals surface area contributed by atoms with Crippen molar-refractivity contribution in [2.45, 2.75) is 45.3 Å². The van der Waals surface area contributed by atoms with E-state index < -0.39 is 11.6 Å². The number of nitrogens with zero attached hydrogens (tertiary/aromatic N) is 4. The zero-order chi connectivity index (χ0) is 25.4. The van der Waals surface area contributed by atoms with Crippen LogP contribution in [-0.2, 0) is 6.42 Å². The first-order valence-corrected chi connectivity index (χ1v) is 12.3. The Morgan fingerprint density at radius 3 is 2.50 bits per heavy atom. The standard InChI is InChI=1S/C27H29F3N4O2/c1-16(2)34-9-10-36-27-21(29)13-18(14-24(27)34)26-22(30)15-31-25(32-26)12-17-3-4-23(20(28)11-17)33-7-5-19(35)6-8-33/h3-4,11,13-16,19,35H,5-10,12H2,1-2H3. The fourth-order valence-corrected chi connectivity index (χ4v) is 4.87. The highest BCUT2D eigenvalue weighted by molar-refractivity contribution is 5.72. The van der Waals surface area contributed by atoms with Crippen LogP contribution in [0.1, 0.15) is 38.1 Å². The predicted molar refractivity (Wildman–Crippen MR) is 132 cm³/mol. The van der Waals surface area contributed by atoms with E-state index in [1.165, 1.54) is 12.1 Å². The first kappa shape index (κ1) is 24.4. The zero-order valence-corrected chi connectivity index (χ0v) is 20.3. The summed E-state index contributed by atoms with van der Waals surface area (Å²) in [4.78, 5) is 12.4. The maximum atomic E-state index is 14.9. The van der Waals surface area contributed by atoms with Gasteiger partial charge in [0.25, 0.3) is 0 Å². The fraction of sp³-hybridized carbons (Fsp3) is 0.407. The molecule has 0 bridgehead atoms. The van der Waals surface area contributed by atoms with E-state index in [0.29, 0.717) is 61.8 Å². The van der Waals surface area contributed by atoms with Crippen LogP contribution in [0.2, 0.25) is 0 Å². The molecule has 0 saturated carbocycles. The maximum Gasteiger partial charge on any atom is 0.178 e. The molecule has 1 fully saturated rings. The predicted octanol–water partition coefficient (Wildman–Crippen LogP) is 4.72. The van der Waals surface area contributed by atoms with Gasteiger partial charge in [0.2, 0.25) is 0 Å². The van der Waals surface area contributed by atoms with Crippen LogP contribution in [0, 0.1) is 17.5 Å². The number of hydrogen-bond acceptors (Lipinski definition) is 6. The molecule has 3 heterocycles. The van der Waals surface area contributed by atoms with Gasteiger partial charge in [0.1, 0.15) is 23.9 Å². The van der Waals surface area contributed by atoms with E-state index in [2.05, 4.69) is 9.97 Å². The summed E-state index contributed by atoms with van der Waals surface area (Å²) in [5.74, 6) is -1.14. The third-order valence-electron chi connectivity index (χ3n) is 6.78. The lowest BCUT2D eigenvalue weighted by atomic mass is 10.0. The van der Waals surface area contributed by atoms with Gasteiger partial charge in [-0.05, 0) is 56.5 Å². The summed E-state index contributed by atoms with van der Waals surface area (Å²) in [5, 5.41) is 9.70. The molecule has 2 aliphatic heterocycles. The van der Waals surface area contributed by atoms with Gasteiger partial charge in [-0.3, -0.25) is 0 Å². The molecule has 5 rings (SSSR count). The summed E-state index contributed by atoms with van der Waals surface area (Å²) < 4.78 is 50.1. The Morgan fingerprint density at radius 1 is 1.00 bits per heavy atom. The van der Waals surface area contributed by atoms with Crippen molar-refractivity contribution >= 4 is 11.4 Å². The van der Waals surface area contributed by atoms with Gasteiger partial charge in [-0.15, -0.1) is 0 Å². The number of fused-ring (bicyclic) bond motifs is 1. The number of benzene rings is 2. The maximum absolute atomic E-state index is 14.9. The zero-order valence-electron chi connectivity index (χ0n) is 20.3. The Labute approximate surface area is 208 Å². The molecule has 1 saturated heterocycles. The molecule has 36 heavy (non-hydrogen) atoms. The first-order chi connectivity index (χ1) is 17.3. The van der Waals surface area contributed by atoms with Gasteiger partial charge in [0.05, 0.1) is 30.2 Å². The number of piperidine rings is 1. The molecular formula is C27H29F3N4O2. The highest BCUT2D eigenvalue weighted by Crippen LogP contribution is 2.39. The number of anilines is 2. The summed E-state index contributed by atoms with van der Waals surface area (Å²) in [6.45, 7) is 6.17. The second kappa shape index (κ2) is 9.97. The summed E-state index contributed by atoms with van der Waals surface area (Å²) >= 11 is 0. The van der Waals surface area contributed by atoms with Crippen molar-refractivity contribution in [1.29, 1.82) is 0 Å². The molecule has 2 aliphatic rings. The van der Waals surface area contributed by atoms with Crippen molar-refractivity contribution in [3.8, 4) is 17.0 Å². The molecule has 0 amide bonds. The summed E-state index contributed by atoms with van der Waals surface area (Å²) in [6.07, 6.45) is 2.14. The molecule has 3 aromatic rings. The lowest BCUT2D eigenvalue weighted by Gasteiger charge is -2.34. The van der Waals surface area contributed by atoms with E-state index in [0.717, 1.165) is 6.20 Å². The second-order valence-corrected chi connectivity index (χ2v) is 9.61. The summed E-state index contributed by atoms with van der Waals surface area (Å²) in [6, 6.07) is 7.97. The van der Waals surface area contributed by atoms with Gasteiger partial charge in [-0.25, -0.2) is 23.1 Å². The lowest BCUT2D eigenvalue weighted by Crippen LogP contribution is -2.38. The smallest absolute Gasteiger partial charge is 0.178 e. The molecule has 2 aromatic carbocycles. The molecule has 0 radical (unpaired) electrons. The van der Waals surface area contributed by atoms with E-state index in [1.54, 1.807) is 18.2 Å². The van der Waals surface area contributed by atoms with Crippen LogP contribution in [0.4, 0.5) is 24.5 Å². The first-order valence-electron chi connectivity index (χ1n) is 12.3. The minimum Gasteiger partial charge on any atom is -0.486 e. The average molecular weight is 499 g/mol. The minimum absolute atomic E-state index is 0.0139. The van der Waals surface area contributed by atoms with Crippen LogP contribution in [0.15, 0.2) is 36.5 Å². The van der Waals surface area contributed by atoms with Gasteiger partial charge >= 0.3 is 0 Å². The number of hydrogen-bond donors (Lipinski definition) is 1. The second-order valence-electron chi connectivity index (χ2n) is 9.61. The fourth-order valence-electron chi connectivity index (χ4n) is 4.87.